The monoisotopic (exact) mass is 259 g/mol. The number of nitrogens with two attached hydrogens (primary N) is 1. The molecule has 0 spiro atoms. The predicted octanol–water partition coefficient (Wildman–Crippen LogP) is 2.07. The van der Waals surface area contributed by atoms with Crippen molar-refractivity contribution < 1.29 is 4.79 Å². The number of carbonyl (C=O) groups excluding carboxylic acids is 1. The standard InChI is InChI=1S/C13H13N3OS/c1-7-13(16-12(6-14)18-7)8-2-3-10-9(4-8)5-11(17)15-10/h2-4H,5-6,14H2,1H3,(H,15,17). The highest BCUT2D eigenvalue weighted by molar-refractivity contribution is 7.12. The average molecular weight is 259 g/mol. The molecule has 1 amide bonds. The van der Waals surface area contributed by atoms with Gasteiger partial charge >= 0.3 is 0 Å². The molecule has 0 atom stereocenters. The van der Waals surface area contributed by atoms with Crippen molar-refractivity contribution in [2.45, 2.75) is 19.9 Å². The highest BCUT2D eigenvalue weighted by Gasteiger charge is 2.19. The van der Waals surface area contributed by atoms with E-state index in [9.17, 15) is 4.79 Å². The maximum absolute atomic E-state index is 11.3. The van der Waals surface area contributed by atoms with Crippen molar-refractivity contribution in [1.29, 1.82) is 0 Å². The van der Waals surface area contributed by atoms with Crippen molar-refractivity contribution in [2.75, 3.05) is 5.32 Å². The second-order valence-corrected chi connectivity index (χ2v) is 5.60. The van der Waals surface area contributed by atoms with Gasteiger partial charge in [-0.2, -0.15) is 0 Å². The van der Waals surface area contributed by atoms with Gasteiger partial charge < -0.3 is 11.1 Å². The van der Waals surface area contributed by atoms with E-state index in [1.54, 1.807) is 11.3 Å². The van der Waals surface area contributed by atoms with Gasteiger partial charge in [0.25, 0.3) is 0 Å². The average Bonchev–Trinajstić information content (AvgIpc) is 2.89. The maximum Gasteiger partial charge on any atom is 0.228 e. The van der Waals surface area contributed by atoms with Gasteiger partial charge in [-0.25, -0.2) is 4.98 Å². The first-order valence-electron chi connectivity index (χ1n) is 5.77. The number of hydrogen-bond acceptors (Lipinski definition) is 4. The summed E-state index contributed by atoms with van der Waals surface area (Å²) in [4.78, 5) is 17.0. The van der Waals surface area contributed by atoms with Gasteiger partial charge in [0, 0.05) is 22.7 Å². The zero-order valence-electron chi connectivity index (χ0n) is 9.99. The minimum Gasteiger partial charge on any atom is -0.326 e. The van der Waals surface area contributed by atoms with Crippen LogP contribution in [0.1, 0.15) is 15.4 Å². The number of anilines is 1. The Morgan fingerprint density at radius 2 is 2.33 bits per heavy atom. The fourth-order valence-electron chi connectivity index (χ4n) is 2.18. The van der Waals surface area contributed by atoms with Gasteiger partial charge in [-0.15, -0.1) is 11.3 Å². The molecule has 18 heavy (non-hydrogen) atoms. The first kappa shape index (κ1) is 11.4. The van der Waals surface area contributed by atoms with Crippen molar-refractivity contribution in [3.8, 4) is 11.3 Å². The zero-order valence-corrected chi connectivity index (χ0v) is 10.8. The van der Waals surface area contributed by atoms with E-state index in [4.69, 9.17) is 5.73 Å². The molecule has 0 unspecified atom stereocenters. The Morgan fingerprint density at radius 1 is 1.50 bits per heavy atom. The summed E-state index contributed by atoms with van der Waals surface area (Å²) >= 11 is 1.62. The summed E-state index contributed by atoms with van der Waals surface area (Å²) in [6, 6.07) is 5.97. The molecule has 0 fully saturated rings. The van der Waals surface area contributed by atoms with Gasteiger partial charge in [0.05, 0.1) is 12.1 Å². The number of nitrogens with one attached hydrogen (secondary N) is 1. The molecular weight excluding hydrogens is 246 g/mol. The summed E-state index contributed by atoms with van der Waals surface area (Å²) in [5.41, 5.74) is 9.59. The Bertz CT molecular complexity index is 633. The van der Waals surface area contributed by atoms with E-state index in [-0.39, 0.29) is 5.91 Å². The van der Waals surface area contributed by atoms with E-state index in [1.165, 1.54) is 0 Å². The molecular formula is C13H13N3OS. The number of fused-ring (bicyclic) bond motifs is 1. The summed E-state index contributed by atoms with van der Waals surface area (Å²) in [6.07, 6.45) is 0.454. The van der Waals surface area contributed by atoms with Gasteiger partial charge in [-0.3, -0.25) is 4.79 Å². The van der Waals surface area contributed by atoms with Crippen LogP contribution in [-0.4, -0.2) is 10.9 Å². The fraction of sp³-hybridized carbons (Fsp3) is 0.231. The zero-order chi connectivity index (χ0) is 12.7. The highest BCUT2D eigenvalue weighted by atomic mass is 32.1. The van der Waals surface area contributed by atoms with Crippen LogP contribution in [0.25, 0.3) is 11.3 Å². The van der Waals surface area contributed by atoms with Gasteiger partial charge in [0.1, 0.15) is 5.01 Å². The van der Waals surface area contributed by atoms with Gasteiger partial charge in [-0.05, 0) is 24.6 Å². The largest absolute Gasteiger partial charge is 0.326 e. The number of hydrogen-bond donors (Lipinski definition) is 2. The molecule has 1 aromatic carbocycles. The second kappa shape index (κ2) is 4.19. The summed E-state index contributed by atoms with van der Waals surface area (Å²) in [7, 11) is 0. The van der Waals surface area contributed by atoms with Gasteiger partial charge in [0.2, 0.25) is 5.91 Å². The minimum absolute atomic E-state index is 0.0554. The number of amides is 1. The third-order valence-electron chi connectivity index (χ3n) is 3.02. The van der Waals surface area contributed by atoms with E-state index in [2.05, 4.69) is 10.3 Å². The second-order valence-electron chi connectivity index (χ2n) is 4.31. The van der Waals surface area contributed by atoms with Crippen LogP contribution in [0.4, 0.5) is 5.69 Å². The van der Waals surface area contributed by atoms with E-state index >= 15 is 0 Å². The van der Waals surface area contributed by atoms with E-state index in [1.807, 2.05) is 25.1 Å². The Kier molecular flexibility index (Phi) is 2.65. The van der Waals surface area contributed by atoms with Crippen LogP contribution in [0.15, 0.2) is 18.2 Å². The molecule has 1 aromatic heterocycles. The van der Waals surface area contributed by atoms with Crippen LogP contribution in [0.5, 0.6) is 0 Å². The van der Waals surface area contributed by atoms with E-state index in [0.29, 0.717) is 13.0 Å². The van der Waals surface area contributed by atoms with Crippen LogP contribution in [0.3, 0.4) is 0 Å². The van der Waals surface area contributed by atoms with Crippen molar-refractivity contribution in [3.63, 3.8) is 0 Å². The number of nitrogens with zero attached hydrogens (tertiary/aromatic N) is 1. The molecule has 1 aliphatic rings. The van der Waals surface area contributed by atoms with Crippen molar-refractivity contribution in [3.05, 3.63) is 33.6 Å². The summed E-state index contributed by atoms with van der Waals surface area (Å²) in [6.45, 7) is 2.51. The first-order valence-corrected chi connectivity index (χ1v) is 6.58. The predicted molar refractivity (Wildman–Crippen MR) is 72.5 cm³/mol. The smallest absolute Gasteiger partial charge is 0.228 e. The summed E-state index contributed by atoms with van der Waals surface area (Å²) < 4.78 is 0. The lowest BCUT2D eigenvalue weighted by atomic mass is 10.1. The van der Waals surface area contributed by atoms with Crippen LogP contribution in [0, 0.1) is 6.92 Å². The molecule has 0 bridgehead atoms. The van der Waals surface area contributed by atoms with Gasteiger partial charge in [-0.1, -0.05) is 6.07 Å². The minimum atomic E-state index is 0.0554. The number of aromatic nitrogens is 1. The Balaban J connectivity index is 2.05. The van der Waals surface area contributed by atoms with E-state index < -0.39 is 0 Å². The molecule has 0 saturated carbocycles. The van der Waals surface area contributed by atoms with Crippen LogP contribution in [-0.2, 0) is 17.8 Å². The molecule has 92 valence electrons. The summed E-state index contributed by atoms with van der Waals surface area (Å²) in [5, 5.41) is 3.77. The van der Waals surface area contributed by atoms with Crippen molar-refractivity contribution in [1.82, 2.24) is 4.98 Å². The molecule has 0 radical (unpaired) electrons. The summed E-state index contributed by atoms with van der Waals surface area (Å²) in [5.74, 6) is 0.0554. The van der Waals surface area contributed by atoms with Crippen LogP contribution in [0.2, 0.25) is 0 Å². The molecule has 2 heterocycles. The molecule has 3 rings (SSSR count). The first-order chi connectivity index (χ1) is 8.67. The lowest BCUT2D eigenvalue weighted by molar-refractivity contribution is -0.115. The number of rotatable bonds is 2. The topological polar surface area (TPSA) is 68.0 Å². The van der Waals surface area contributed by atoms with Gasteiger partial charge in [0.15, 0.2) is 0 Å². The maximum atomic E-state index is 11.3. The number of benzene rings is 1. The fourth-order valence-corrected chi connectivity index (χ4v) is 3.02. The van der Waals surface area contributed by atoms with Crippen LogP contribution < -0.4 is 11.1 Å². The lowest BCUT2D eigenvalue weighted by Crippen LogP contribution is -2.03. The third kappa shape index (κ3) is 1.81. The Hall–Kier alpha value is -1.72. The third-order valence-corrected chi connectivity index (χ3v) is 4.01. The quantitative estimate of drug-likeness (QED) is 0.867. The Morgan fingerprint density at radius 3 is 3.06 bits per heavy atom. The van der Waals surface area contributed by atoms with Crippen molar-refractivity contribution in [2.24, 2.45) is 5.73 Å². The highest BCUT2D eigenvalue weighted by Crippen LogP contribution is 2.32. The molecule has 3 N–H and O–H groups in total. The number of thiazole rings is 1. The molecule has 0 aliphatic carbocycles. The van der Waals surface area contributed by atoms with Crippen molar-refractivity contribution >= 4 is 22.9 Å². The van der Waals surface area contributed by atoms with E-state index in [0.717, 1.165) is 32.4 Å². The molecule has 1 aliphatic heterocycles. The normalized spacial score (nSPS) is 13.6. The Labute approximate surface area is 109 Å². The molecule has 2 aromatic rings. The molecule has 5 heteroatoms. The molecule has 4 nitrogen and oxygen atoms in total. The number of carbonyl (C=O) groups is 1. The lowest BCUT2D eigenvalue weighted by Gasteiger charge is -2.02. The van der Waals surface area contributed by atoms with Crippen LogP contribution >= 0.6 is 11.3 Å². The molecule has 0 saturated heterocycles. The number of aryl methyl sites for hydroxylation is 1. The SMILES string of the molecule is Cc1sc(CN)nc1-c1ccc2c(c1)CC(=O)N2.